The van der Waals surface area contributed by atoms with Crippen LogP contribution in [0.3, 0.4) is 0 Å². The minimum atomic E-state index is -0.274. The van der Waals surface area contributed by atoms with Crippen LogP contribution in [0.25, 0.3) is 0 Å². The highest BCUT2D eigenvalue weighted by Crippen LogP contribution is 2.27. The van der Waals surface area contributed by atoms with E-state index in [1.807, 2.05) is 6.07 Å². The molecule has 0 amide bonds. The topological polar surface area (TPSA) is 43.1 Å². The predicted octanol–water partition coefficient (Wildman–Crippen LogP) is 2.58. The van der Waals surface area contributed by atoms with Gasteiger partial charge < -0.3 is 5.73 Å². The summed E-state index contributed by atoms with van der Waals surface area (Å²) in [6.45, 7) is 1.53. The average Bonchev–Trinajstić information content (AvgIpc) is 2.08. The Balaban J connectivity index is 3.03. The van der Waals surface area contributed by atoms with Crippen LogP contribution in [0, 0.1) is 0 Å². The maximum atomic E-state index is 11.0. The molecule has 1 rings (SSSR count). The van der Waals surface area contributed by atoms with Crippen LogP contribution in [-0.2, 0) is 4.79 Å². The Kier molecular flexibility index (Phi) is 3.39. The van der Waals surface area contributed by atoms with E-state index in [-0.39, 0.29) is 10.6 Å². The number of hydrogen-bond donors (Lipinski definition) is 2. The third kappa shape index (κ3) is 2.48. The number of benzene rings is 1. The van der Waals surface area contributed by atoms with Crippen molar-refractivity contribution in [2.75, 3.05) is 5.73 Å². The zero-order chi connectivity index (χ0) is 10.0. The lowest BCUT2D eigenvalue weighted by Gasteiger charge is -2.07. The van der Waals surface area contributed by atoms with Crippen LogP contribution in [0.4, 0.5) is 5.69 Å². The Morgan fingerprint density at radius 2 is 2.23 bits per heavy atom. The molecule has 0 aromatic heterocycles. The van der Waals surface area contributed by atoms with Crippen molar-refractivity contribution in [3.63, 3.8) is 0 Å². The number of nitrogen functional groups attached to an aromatic ring is 1. The number of thiol groups is 1. The number of alkyl halides is 1. The van der Waals surface area contributed by atoms with E-state index in [0.29, 0.717) is 5.69 Å². The quantitative estimate of drug-likeness (QED) is 0.487. The fraction of sp³-hybridized carbons (Fsp3) is 0.222. The molecule has 13 heavy (non-hydrogen) atoms. The Hall–Kier alpha value is -0.480. The summed E-state index contributed by atoms with van der Waals surface area (Å²) < 4.78 is 0. The largest absolute Gasteiger partial charge is 0.398 e. The molecule has 2 nitrogen and oxygen atoms in total. The SMILES string of the molecule is CC(=O)C(Br)c1ccc(S)c(N)c1. The van der Waals surface area contributed by atoms with Crippen molar-refractivity contribution in [2.24, 2.45) is 0 Å². The average molecular weight is 260 g/mol. The van der Waals surface area contributed by atoms with Crippen molar-refractivity contribution in [2.45, 2.75) is 16.6 Å². The summed E-state index contributed by atoms with van der Waals surface area (Å²) in [7, 11) is 0. The second kappa shape index (κ2) is 4.15. The number of halogens is 1. The molecule has 0 bridgehead atoms. The number of carbonyl (C=O) groups excluding carboxylic acids is 1. The smallest absolute Gasteiger partial charge is 0.147 e. The Labute approximate surface area is 91.1 Å². The van der Waals surface area contributed by atoms with E-state index in [2.05, 4.69) is 28.6 Å². The van der Waals surface area contributed by atoms with Gasteiger partial charge in [0.05, 0.1) is 4.83 Å². The lowest BCUT2D eigenvalue weighted by Crippen LogP contribution is -2.01. The first-order valence-electron chi connectivity index (χ1n) is 3.75. The summed E-state index contributed by atoms with van der Waals surface area (Å²) in [6.07, 6.45) is 0. The lowest BCUT2D eigenvalue weighted by atomic mass is 10.1. The standard InChI is InChI=1S/C9H10BrNOS/c1-5(12)9(10)6-2-3-8(13)7(11)4-6/h2-4,9,13H,11H2,1H3. The van der Waals surface area contributed by atoms with E-state index in [1.165, 1.54) is 6.92 Å². The first-order chi connectivity index (χ1) is 6.02. The van der Waals surface area contributed by atoms with Crippen molar-refractivity contribution in [1.82, 2.24) is 0 Å². The van der Waals surface area contributed by atoms with Gasteiger partial charge in [-0.1, -0.05) is 22.0 Å². The second-order valence-corrected chi connectivity index (χ2v) is 4.19. The predicted molar refractivity (Wildman–Crippen MR) is 60.5 cm³/mol. The minimum Gasteiger partial charge on any atom is -0.398 e. The first-order valence-corrected chi connectivity index (χ1v) is 5.11. The van der Waals surface area contributed by atoms with Crippen molar-refractivity contribution in [3.8, 4) is 0 Å². The number of hydrogen-bond acceptors (Lipinski definition) is 3. The second-order valence-electron chi connectivity index (χ2n) is 2.79. The number of rotatable bonds is 2. The van der Waals surface area contributed by atoms with Gasteiger partial charge in [0, 0.05) is 10.6 Å². The highest BCUT2D eigenvalue weighted by Gasteiger charge is 2.12. The van der Waals surface area contributed by atoms with Gasteiger partial charge in [-0.05, 0) is 24.6 Å². The van der Waals surface area contributed by atoms with Crippen molar-refractivity contribution >= 4 is 40.0 Å². The van der Waals surface area contributed by atoms with Crippen molar-refractivity contribution in [1.29, 1.82) is 0 Å². The maximum absolute atomic E-state index is 11.0. The van der Waals surface area contributed by atoms with Gasteiger partial charge in [0.1, 0.15) is 5.78 Å². The molecule has 0 saturated carbocycles. The summed E-state index contributed by atoms with van der Waals surface area (Å²) in [5.74, 6) is 0.0614. The fourth-order valence-electron chi connectivity index (χ4n) is 0.965. The summed E-state index contributed by atoms with van der Waals surface area (Å²) in [6, 6.07) is 5.37. The molecule has 1 aromatic carbocycles. The molecule has 2 N–H and O–H groups in total. The molecule has 0 aliphatic carbocycles. The van der Waals surface area contributed by atoms with Gasteiger partial charge in [-0.25, -0.2) is 0 Å². The van der Waals surface area contributed by atoms with Crippen LogP contribution < -0.4 is 5.73 Å². The van der Waals surface area contributed by atoms with Gasteiger partial charge in [-0.2, -0.15) is 0 Å². The number of anilines is 1. The van der Waals surface area contributed by atoms with Gasteiger partial charge in [0.25, 0.3) is 0 Å². The molecule has 0 heterocycles. The molecule has 0 fully saturated rings. The van der Waals surface area contributed by atoms with E-state index in [0.717, 1.165) is 10.5 Å². The molecular formula is C9H10BrNOS. The highest BCUT2D eigenvalue weighted by atomic mass is 79.9. The first kappa shape index (κ1) is 10.6. The van der Waals surface area contributed by atoms with E-state index in [4.69, 9.17) is 5.73 Å². The molecule has 1 aromatic rings. The molecule has 1 unspecified atom stereocenters. The summed E-state index contributed by atoms with van der Waals surface area (Å²) in [5.41, 5.74) is 7.10. The summed E-state index contributed by atoms with van der Waals surface area (Å²) in [4.78, 5) is 11.5. The molecule has 1 atom stereocenters. The van der Waals surface area contributed by atoms with Gasteiger partial charge in [-0.15, -0.1) is 12.6 Å². The molecule has 0 aliphatic rings. The Morgan fingerprint density at radius 1 is 1.62 bits per heavy atom. The fourth-order valence-corrected chi connectivity index (χ4v) is 1.39. The molecule has 4 heteroatoms. The normalized spacial score (nSPS) is 12.5. The molecule has 0 radical (unpaired) electrons. The Morgan fingerprint density at radius 3 is 2.69 bits per heavy atom. The maximum Gasteiger partial charge on any atom is 0.147 e. The van der Waals surface area contributed by atoms with Crippen molar-refractivity contribution < 1.29 is 4.79 Å². The Bertz CT molecular complexity index is 340. The third-order valence-corrected chi connectivity index (χ3v) is 3.28. The molecular weight excluding hydrogens is 250 g/mol. The van der Waals surface area contributed by atoms with Crippen LogP contribution in [0.2, 0.25) is 0 Å². The van der Waals surface area contributed by atoms with Crippen LogP contribution in [0.1, 0.15) is 17.3 Å². The van der Waals surface area contributed by atoms with Gasteiger partial charge in [-0.3, -0.25) is 4.79 Å². The number of ketones is 1. The third-order valence-electron chi connectivity index (χ3n) is 1.70. The number of nitrogens with two attached hydrogens (primary N) is 1. The zero-order valence-electron chi connectivity index (χ0n) is 7.12. The molecule has 0 spiro atoms. The zero-order valence-corrected chi connectivity index (χ0v) is 9.60. The monoisotopic (exact) mass is 259 g/mol. The number of carbonyl (C=O) groups is 1. The van der Waals surface area contributed by atoms with Gasteiger partial charge >= 0.3 is 0 Å². The van der Waals surface area contributed by atoms with Gasteiger partial charge in [0.2, 0.25) is 0 Å². The molecule has 0 saturated heterocycles. The lowest BCUT2D eigenvalue weighted by molar-refractivity contribution is -0.116. The number of Topliss-reactive ketones (excluding diaryl/α,β-unsaturated/α-hetero) is 1. The highest BCUT2D eigenvalue weighted by molar-refractivity contribution is 9.09. The van der Waals surface area contributed by atoms with Crippen LogP contribution in [0.15, 0.2) is 23.1 Å². The minimum absolute atomic E-state index is 0.0614. The summed E-state index contributed by atoms with van der Waals surface area (Å²) >= 11 is 7.42. The molecule has 70 valence electrons. The van der Waals surface area contributed by atoms with Crippen LogP contribution >= 0.6 is 28.6 Å². The van der Waals surface area contributed by atoms with Gasteiger partial charge in [0.15, 0.2) is 0 Å². The van der Waals surface area contributed by atoms with Crippen LogP contribution in [-0.4, -0.2) is 5.78 Å². The van der Waals surface area contributed by atoms with Crippen LogP contribution in [0.5, 0.6) is 0 Å². The van der Waals surface area contributed by atoms with Crippen molar-refractivity contribution in [3.05, 3.63) is 23.8 Å². The van der Waals surface area contributed by atoms with E-state index < -0.39 is 0 Å². The van der Waals surface area contributed by atoms with E-state index in [9.17, 15) is 4.79 Å². The summed E-state index contributed by atoms with van der Waals surface area (Å²) in [5, 5.41) is 0. The van der Waals surface area contributed by atoms with E-state index in [1.54, 1.807) is 12.1 Å². The molecule has 0 aliphatic heterocycles. The van der Waals surface area contributed by atoms with E-state index >= 15 is 0 Å².